The third-order valence-electron chi connectivity index (χ3n) is 5.86. The molecule has 2 nitrogen and oxygen atoms in total. The number of nitrogens with zero attached hydrogens (tertiary/aromatic N) is 1. The summed E-state index contributed by atoms with van der Waals surface area (Å²) in [7, 11) is 0. The van der Waals surface area contributed by atoms with E-state index in [4.69, 9.17) is 4.74 Å². The number of aromatic nitrogens is 1. The Kier molecular flexibility index (Phi) is 9.21. The van der Waals surface area contributed by atoms with Crippen molar-refractivity contribution in [2.45, 2.75) is 78.1 Å². The monoisotopic (exact) mass is 403 g/mol. The Bertz CT molecular complexity index is 902. The molecule has 1 aromatic heterocycles. The molecular weight excluding hydrogens is 366 g/mol. The minimum absolute atomic E-state index is 0.813. The van der Waals surface area contributed by atoms with Crippen molar-refractivity contribution in [3.8, 4) is 17.0 Å². The molecule has 0 saturated heterocycles. The first-order valence-electron chi connectivity index (χ1n) is 11.9. The minimum Gasteiger partial charge on any atom is -0.494 e. The smallest absolute Gasteiger partial charge is 0.119 e. The molecule has 30 heavy (non-hydrogen) atoms. The lowest BCUT2D eigenvalue weighted by Crippen LogP contribution is -1.97. The molecule has 0 amide bonds. The molecule has 0 unspecified atom stereocenters. The van der Waals surface area contributed by atoms with E-state index in [1.54, 1.807) is 0 Å². The maximum Gasteiger partial charge on any atom is 0.119 e. The summed E-state index contributed by atoms with van der Waals surface area (Å²) in [6, 6.07) is 17.0. The second kappa shape index (κ2) is 12.4. The predicted octanol–water partition coefficient (Wildman–Crippen LogP) is 8.51. The van der Waals surface area contributed by atoms with Crippen molar-refractivity contribution >= 4 is 10.8 Å². The summed E-state index contributed by atoms with van der Waals surface area (Å²) in [6.07, 6.45) is 15.4. The summed E-state index contributed by atoms with van der Waals surface area (Å²) in [5.41, 5.74) is 3.42. The van der Waals surface area contributed by atoms with Crippen LogP contribution in [0.4, 0.5) is 0 Å². The fraction of sp³-hybridized carbons (Fsp3) is 0.464. The molecule has 0 atom stereocenters. The summed E-state index contributed by atoms with van der Waals surface area (Å²) in [4.78, 5) is 4.54. The first-order chi connectivity index (χ1) is 14.8. The molecule has 160 valence electrons. The normalized spacial score (nSPS) is 11.1. The zero-order chi connectivity index (χ0) is 21.0. The highest BCUT2D eigenvalue weighted by molar-refractivity contribution is 5.88. The molecule has 0 spiro atoms. The van der Waals surface area contributed by atoms with Crippen LogP contribution in [-0.2, 0) is 0 Å². The Morgan fingerprint density at radius 3 is 2.13 bits per heavy atom. The highest BCUT2D eigenvalue weighted by Crippen LogP contribution is 2.27. The largest absolute Gasteiger partial charge is 0.494 e. The molecule has 0 radical (unpaired) electrons. The fourth-order valence-electron chi connectivity index (χ4n) is 4.03. The number of hydrogen-bond acceptors (Lipinski definition) is 2. The van der Waals surface area contributed by atoms with Crippen molar-refractivity contribution < 1.29 is 4.74 Å². The lowest BCUT2D eigenvalue weighted by atomic mass is 10.0. The van der Waals surface area contributed by atoms with E-state index in [-0.39, 0.29) is 0 Å². The topological polar surface area (TPSA) is 22.1 Å². The molecule has 0 N–H and O–H groups in total. The Labute approximate surface area is 182 Å². The molecule has 0 fully saturated rings. The van der Waals surface area contributed by atoms with Gasteiger partial charge in [0, 0.05) is 11.8 Å². The van der Waals surface area contributed by atoms with Gasteiger partial charge in [0.15, 0.2) is 0 Å². The third-order valence-corrected chi connectivity index (χ3v) is 5.86. The quantitative estimate of drug-likeness (QED) is 0.267. The molecule has 1 heterocycles. The lowest BCUT2D eigenvalue weighted by molar-refractivity contribution is 0.304. The summed E-state index contributed by atoms with van der Waals surface area (Å²) < 4.78 is 6.01. The van der Waals surface area contributed by atoms with Crippen molar-refractivity contribution in [1.82, 2.24) is 4.98 Å². The summed E-state index contributed by atoms with van der Waals surface area (Å²) in [6.45, 7) is 5.20. The Balaban J connectivity index is 1.40. The van der Waals surface area contributed by atoms with Crippen molar-refractivity contribution in [1.29, 1.82) is 0 Å². The van der Waals surface area contributed by atoms with Crippen LogP contribution in [0.25, 0.3) is 22.0 Å². The van der Waals surface area contributed by atoms with Crippen molar-refractivity contribution in [3.05, 3.63) is 60.3 Å². The van der Waals surface area contributed by atoms with Gasteiger partial charge in [0.1, 0.15) is 5.75 Å². The number of aryl methyl sites for hydroxylation is 1. The van der Waals surface area contributed by atoms with Crippen LogP contribution in [0.1, 0.15) is 76.7 Å². The van der Waals surface area contributed by atoms with E-state index < -0.39 is 0 Å². The number of pyridine rings is 1. The Morgan fingerprint density at radius 1 is 0.733 bits per heavy atom. The van der Waals surface area contributed by atoms with Gasteiger partial charge in [-0.3, -0.25) is 4.98 Å². The fourth-order valence-corrected chi connectivity index (χ4v) is 4.03. The van der Waals surface area contributed by atoms with Gasteiger partial charge in [-0.1, -0.05) is 89.0 Å². The van der Waals surface area contributed by atoms with E-state index in [0.29, 0.717) is 0 Å². The maximum atomic E-state index is 6.01. The van der Waals surface area contributed by atoms with Gasteiger partial charge in [-0.25, -0.2) is 0 Å². The number of ether oxygens (including phenoxy) is 1. The molecule has 0 saturated carbocycles. The predicted molar refractivity (Wildman–Crippen MR) is 129 cm³/mol. The zero-order valence-corrected chi connectivity index (χ0v) is 18.8. The second-order valence-electron chi connectivity index (χ2n) is 8.42. The average Bonchev–Trinajstić information content (AvgIpc) is 2.77. The van der Waals surface area contributed by atoms with Gasteiger partial charge >= 0.3 is 0 Å². The standard InChI is InChI=1S/C28H37NO/c1-3-4-5-6-7-8-9-10-11-12-20-30-27-18-17-24-21-26(16-15-25(24)22-27)28-23(2)14-13-19-29-28/h13-19,21-22H,3-12,20H2,1-2H3. The van der Waals surface area contributed by atoms with E-state index in [9.17, 15) is 0 Å². The van der Waals surface area contributed by atoms with Crippen LogP contribution < -0.4 is 4.74 Å². The molecule has 3 rings (SSSR count). The van der Waals surface area contributed by atoms with Gasteiger partial charge < -0.3 is 4.74 Å². The summed E-state index contributed by atoms with van der Waals surface area (Å²) in [5.74, 6) is 0.972. The first-order valence-corrected chi connectivity index (χ1v) is 11.9. The van der Waals surface area contributed by atoms with Gasteiger partial charge in [0.05, 0.1) is 12.3 Å². The van der Waals surface area contributed by atoms with Gasteiger partial charge in [-0.05, 0) is 53.9 Å². The van der Waals surface area contributed by atoms with Crippen LogP contribution in [-0.4, -0.2) is 11.6 Å². The number of hydrogen-bond donors (Lipinski definition) is 0. The molecule has 3 aromatic rings. The van der Waals surface area contributed by atoms with Crippen LogP contribution in [0.2, 0.25) is 0 Å². The molecule has 0 aliphatic rings. The van der Waals surface area contributed by atoms with E-state index in [2.05, 4.69) is 61.3 Å². The van der Waals surface area contributed by atoms with Gasteiger partial charge in [0.25, 0.3) is 0 Å². The average molecular weight is 404 g/mol. The van der Waals surface area contributed by atoms with Crippen molar-refractivity contribution in [2.75, 3.05) is 6.61 Å². The Morgan fingerprint density at radius 2 is 1.40 bits per heavy atom. The summed E-state index contributed by atoms with van der Waals surface area (Å²) in [5, 5.41) is 2.44. The highest BCUT2D eigenvalue weighted by Gasteiger charge is 2.05. The van der Waals surface area contributed by atoms with Gasteiger partial charge in [-0.2, -0.15) is 0 Å². The second-order valence-corrected chi connectivity index (χ2v) is 8.42. The molecule has 0 aliphatic heterocycles. The number of rotatable bonds is 13. The van der Waals surface area contributed by atoms with Gasteiger partial charge in [-0.15, -0.1) is 0 Å². The van der Waals surface area contributed by atoms with Crippen LogP contribution in [0.5, 0.6) is 5.75 Å². The molecular formula is C28H37NO. The van der Waals surface area contributed by atoms with Crippen molar-refractivity contribution in [2.24, 2.45) is 0 Å². The molecule has 2 aromatic carbocycles. The van der Waals surface area contributed by atoms with Crippen LogP contribution in [0.3, 0.4) is 0 Å². The Hall–Kier alpha value is -2.35. The zero-order valence-electron chi connectivity index (χ0n) is 18.8. The maximum absolute atomic E-state index is 6.01. The number of unbranched alkanes of at least 4 members (excludes halogenated alkanes) is 9. The molecule has 2 heteroatoms. The van der Waals surface area contributed by atoms with E-state index in [1.807, 2.05) is 12.3 Å². The first kappa shape index (κ1) is 22.3. The minimum atomic E-state index is 0.813. The number of benzene rings is 2. The third kappa shape index (κ3) is 6.86. The van der Waals surface area contributed by atoms with Crippen LogP contribution >= 0.6 is 0 Å². The van der Waals surface area contributed by atoms with E-state index >= 15 is 0 Å². The molecule has 0 aliphatic carbocycles. The van der Waals surface area contributed by atoms with Crippen LogP contribution in [0, 0.1) is 6.92 Å². The molecule has 0 bridgehead atoms. The SMILES string of the molecule is CCCCCCCCCCCCOc1ccc2cc(-c3ncccc3C)ccc2c1. The lowest BCUT2D eigenvalue weighted by Gasteiger charge is -2.09. The van der Waals surface area contributed by atoms with E-state index in [1.165, 1.54) is 79.7 Å². The summed E-state index contributed by atoms with van der Waals surface area (Å²) >= 11 is 0. The van der Waals surface area contributed by atoms with Gasteiger partial charge in [0.2, 0.25) is 0 Å². The van der Waals surface area contributed by atoms with Crippen molar-refractivity contribution in [3.63, 3.8) is 0 Å². The van der Waals surface area contributed by atoms with Crippen LogP contribution in [0.15, 0.2) is 54.7 Å². The highest BCUT2D eigenvalue weighted by atomic mass is 16.5. The number of fused-ring (bicyclic) bond motifs is 1. The van der Waals surface area contributed by atoms with E-state index in [0.717, 1.165) is 24.5 Å².